The molecule has 1 N–H and O–H groups in total. The van der Waals surface area contributed by atoms with E-state index in [4.69, 9.17) is 0 Å². The summed E-state index contributed by atoms with van der Waals surface area (Å²) in [6.45, 7) is 0. The molecule has 0 aromatic carbocycles. The van der Waals surface area contributed by atoms with Crippen LogP contribution >= 0.6 is 0 Å². The van der Waals surface area contributed by atoms with E-state index in [1.54, 1.807) is 0 Å². The van der Waals surface area contributed by atoms with Gasteiger partial charge in [0, 0.05) is 18.6 Å². The van der Waals surface area contributed by atoms with E-state index in [2.05, 4.69) is 5.32 Å². The second-order valence-corrected chi connectivity index (χ2v) is 2.53. The zero-order valence-corrected chi connectivity index (χ0v) is 6.64. The van der Waals surface area contributed by atoms with Crippen LogP contribution in [0.3, 0.4) is 0 Å². The molecule has 0 radical (unpaired) electrons. The standard InChI is InChI=1S/C10H10N2/c1-2-6-10(11-7-3-1)12-8-4-5-9-12/h1-9,11H. The number of allylic oxidation sites excluding steroid dienone is 4. The van der Waals surface area contributed by atoms with Gasteiger partial charge in [0.15, 0.2) is 0 Å². The van der Waals surface area contributed by atoms with Crippen LogP contribution in [0, 0.1) is 0 Å². The molecular weight excluding hydrogens is 148 g/mol. The van der Waals surface area contributed by atoms with Gasteiger partial charge >= 0.3 is 0 Å². The third-order valence-electron chi connectivity index (χ3n) is 1.69. The average molecular weight is 158 g/mol. The largest absolute Gasteiger partial charge is 0.348 e. The fourth-order valence-electron chi connectivity index (χ4n) is 1.10. The molecule has 1 aliphatic rings. The lowest BCUT2D eigenvalue weighted by atomic mass is 10.4. The van der Waals surface area contributed by atoms with E-state index >= 15 is 0 Å². The highest BCUT2D eigenvalue weighted by molar-refractivity contribution is 5.49. The number of nitrogens with one attached hydrogen (secondary N) is 1. The molecule has 0 saturated heterocycles. The SMILES string of the molecule is C1=CC=C(n2cccc2)NC=C1. The predicted octanol–water partition coefficient (Wildman–Crippen LogP) is 1.96. The minimum atomic E-state index is 1.06. The fourth-order valence-corrected chi connectivity index (χ4v) is 1.10. The Morgan fingerprint density at radius 2 is 1.83 bits per heavy atom. The molecule has 1 aliphatic heterocycles. The highest BCUT2D eigenvalue weighted by atomic mass is 15.1. The molecule has 0 amide bonds. The van der Waals surface area contributed by atoms with E-state index in [0.717, 1.165) is 5.82 Å². The van der Waals surface area contributed by atoms with Crippen molar-refractivity contribution in [3.63, 3.8) is 0 Å². The predicted molar refractivity (Wildman–Crippen MR) is 50.1 cm³/mol. The molecule has 0 unspecified atom stereocenters. The van der Waals surface area contributed by atoms with Crippen LogP contribution in [0.2, 0.25) is 0 Å². The molecule has 0 spiro atoms. The second kappa shape index (κ2) is 3.13. The highest BCUT2D eigenvalue weighted by Gasteiger charge is 1.94. The van der Waals surface area contributed by atoms with Crippen molar-refractivity contribution in [1.82, 2.24) is 9.88 Å². The Hall–Kier alpha value is -1.70. The van der Waals surface area contributed by atoms with Gasteiger partial charge in [0.2, 0.25) is 0 Å². The van der Waals surface area contributed by atoms with Crippen LogP contribution in [-0.4, -0.2) is 4.57 Å². The smallest absolute Gasteiger partial charge is 0.113 e. The summed E-state index contributed by atoms with van der Waals surface area (Å²) in [6, 6.07) is 4.00. The first-order chi connectivity index (χ1) is 5.97. The van der Waals surface area contributed by atoms with Gasteiger partial charge in [0.1, 0.15) is 5.82 Å². The lowest BCUT2D eigenvalue weighted by molar-refractivity contribution is 0.999. The van der Waals surface area contributed by atoms with Crippen LogP contribution in [0.4, 0.5) is 0 Å². The summed E-state index contributed by atoms with van der Waals surface area (Å²) in [4.78, 5) is 0. The number of hydrogen-bond donors (Lipinski definition) is 1. The van der Waals surface area contributed by atoms with Crippen molar-refractivity contribution in [2.24, 2.45) is 0 Å². The van der Waals surface area contributed by atoms with Gasteiger partial charge in [-0.25, -0.2) is 0 Å². The van der Waals surface area contributed by atoms with Crippen LogP contribution in [0.25, 0.3) is 5.82 Å². The number of hydrogen-bond acceptors (Lipinski definition) is 1. The van der Waals surface area contributed by atoms with Gasteiger partial charge in [-0.2, -0.15) is 0 Å². The van der Waals surface area contributed by atoms with Crippen LogP contribution in [-0.2, 0) is 0 Å². The first-order valence-electron chi connectivity index (χ1n) is 3.90. The fraction of sp³-hybridized carbons (Fsp3) is 0. The zero-order chi connectivity index (χ0) is 8.23. The van der Waals surface area contributed by atoms with Gasteiger partial charge in [-0.3, -0.25) is 0 Å². The van der Waals surface area contributed by atoms with E-state index in [9.17, 15) is 0 Å². The molecule has 2 nitrogen and oxygen atoms in total. The van der Waals surface area contributed by atoms with Gasteiger partial charge in [0.05, 0.1) is 0 Å². The van der Waals surface area contributed by atoms with E-state index < -0.39 is 0 Å². The lowest BCUT2D eigenvalue weighted by Gasteiger charge is -2.06. The first kappa shape index (κ1) is 6.98. The van der Waals surface area contributed by atoms with Crippen molar-refractivity contribution >= 4 is 5.82 Å². The van der Waals surface area contributed by atoms with Crippen molar-refractivity contribution < 1.29 is 0 Å². The Morgan fingerprint density at radius 3 is 2.67 bits per heavy atom. The minimum Gasteiger partial charge on any atom is -0.348 e. The molecule has 12 heavy (non-hydrogen) atoms. The van der Waals surface area contributed by atoms with Gasteiger partial charge in [-0.05, 0) is 24.3 Å². The van der Waals surface area contributed by atoms with Gasteiger partial charge in [0.25, 0.3) is 0 Å². The topological polar surface area (TPSA) is 17.0 Å². The summed E-state index contributed by atoms with van der Waals surface area (Å²) in [5, 5.41) is 3.16. The third kappa shape index (κ3) is 1.32. The maximum Gasteiger partial charge on any atom is 0.113 e. The van der Waals surface area contributed by atoms with E-state index in [1.807, 2.05) is 59.6 Å². The third-order valence-corrected chi connectivity index (χ3v) is 1.69. The van der Waals surface area contributed by atoms with Crippen LogP contribution < -0.4 is 5.32 Å². The molecule has 1 aromatic rings. The second-order valence-electron chi connectivity index (χ2n) is 2.53. The Morgan fingerprint density at radius 1 is 1.00 bits per heavy atom. The molecule has 2 heteroatoms. The van der Waals surface area contributed by atoms with E-state index in [-0.39, 0.29) is 0 Å². The van der Waals surface area contributed by atoms with Crippen LogP contribution in [0.5, 0.6) is 0 Å². The Labute approximate surface area is 71.5 Å². The summed E-state index contributed by atoms with van der Waals surface area (Å²) in [5.41, 5.74) is 0. The van der Waals surface area contributed by atoms with Crippen LogP contribution in [0.15, 0.2) is 55.0 Å². The maximum atomic E-state index is 3.16. The summed E-state index contributed by atoms with van der Waals surface area (Å²) in [5.74, 6) is 1.06. The van der Waals surface area contributed by atoms with Crippen LogP contribution in [0.1, 0.15) is 0 Å². The summed E-state index contributed by atoms with van der Waals surface area (Å²) < 4.78 is 2.03. The summed E-state index contributed by atoms with van der Waals surface area (Å²) >= 11 is 0. The molecule has 0 fully saturated rings. The molecule has 2 rings (SSSR count). The number of aromatic nitrogens is 1. The normalized spacial score (nSPS) is 15.2. The molecule has 1 aromatic heterocycles. The van der Waals surface area contributed by atoms with Crippen molar-refractivity contribution in [3.05, 3.63) is 55.0 Å². The number of nitrogens with zero attached hydrogens (tertiary/aromatic N) is 1. The van der Waals surface area contributed by atoms with Gasteiger partial charge in [-0.1, -0.05) is 12.2 Å². The first-order valence-corrected chi connectivity index (χ1v) is 3.90. The zero-order valence-electron chi connectivity index (χ0n) is 6.64. The lowest BCUT2D eigenvalue weighted by Crippen LogP contribution is -2.08. The molecule has 0 saturated carbocycles. The Balaban J connectivity index is 2.30. The molecule has 60 valence electrons. The monoisotopic (exact) mass is 158 g/mol. The van der Waals surface area contributed by atoms with Gasteiger partial charge < -0.3 is 9.88 Å². The van der Waals surface area contributed by atoms with E-state index in [0.29, 0.717) is 0 Å². The van der Waals surface area contributed by atoms with Crippen molar-refractivity contribution in [2.75, 3.05) is 0 Å². The average Bonchev–Trinajstić information content (AvgIpc) is 2.48. The molecule has 0 bridgehead atoms. The Kier molecular flexibility index (Phi) is 1.82. The molecule has 0 atom stereocenters. The van der Waals surface area contributed by atoms with Crippen molar-refractivity contribution in [3.8, 4) is 0 Å². The quantitative estimate of drug-likeness (QED) is 0.661. The molecule has 2 heterocycles. The van der Waals surface area contributed by atoms with Crippen molar-refractivity contribution in [1.29, 1.82) is 0 Å². The van der Waals surface area contributed by atoms with Crippen molar-refractivity contribution in [2.45, 2.75) is 0 Å². The minimum absolute atomic E-state index is 1.06. The van der Waals surface area contributed by atoms with E-state index in [1.165, 1.54) is 0 Å². The number of rotatable bonds is 1. The maximum absolute atomic E-state index is 3.16. The highest BCUT2D eigenvalue weighted by Crippen LogP contribution is 2.03. The molecular formula is C10H10N2. The summed E-state index contributed by atoms with van der Waals surface area (Å²) in [7, 11) is 0. The summed E-state index contributed by atoms with van der Waals surface area (Å²) in [6.07, 6.45) is 13.9. The Bertz CT molecular complexity index is 329. The van der Waals surface area contributed by atoms with Gasteiger partial charge in [-0.15, -0.1) is 0 Å². The molecule has 0 aliphatic carbocycles.